The molecule has 2 nitrogen and oxygen atoms in total. The van der Waals surface area contributed by atoms with Gasteiger partial charge in [0, 0.05) is 5.69 Å². The van der Waals surface area contributed by atoms with Gasteiger partial charge in [-0.2, -0.15) is 0 Å². The van der Waals surface area contributed by atoms with Gasteiger partial charge in [0.2, 0.25) is 0 Å². The molecule has 1 rings (SSSR count). The first-order valence-electron chi connectivity index (χ1n) is 6.81. The van der Waals surface area contributed by atoms with E-state index in [1.54, 1.807) is 0 Å². The number of hydrogen-bond acceptors (Lipinski definition) is 2. The van der Waals surface area contributed by atoms with E-state index < -0.39 is 0 Å². The summed E-state index contributed by atoms with van der Waals surface area (Å²) in [6.07, 6.45) is 4.34. The van der Waals surface area contributed by atoms with Crippen molar-refractivity contribution in [2.24, 2.45) is 5.73 Å². The highest BCUT2D eigenvalue weighted by molar-refractivity contribution is 5.67. The third kappa shape index (κ3) is 7.13. The molecular formula is C16H30N2. The van der Waals surface area contributed by atoms with Crippen LogP contribution in [0.2, 0.25) is 0 Å². The van der Waals surface area contributed by atoms with Crippen LogP contribution in [0, 0.1) is 0 Å². The summed E-state index contributed by atoms with van der Waals surface area (Å²) in [5.41, 5.74) is 15.1. The fraction of sp³-hybridized carbons (Fsp3) is 0.500. The number of hydrogen-bond donors (Lipinski definition) is 2. The molecule has 0 aromatic heterocycles. The van der Waals surface area contributed by atoms with Crippen molar-refractivity contribution in [2.45, 2.75) is 47.5 Å². The van der Waals surface area contributed by atoms with Gasteiger partial charge in [-0.1, -0.05) is 39.8 Å². The first-order valence-corrected chi connectivity index (χ1v) is 6.81. The van der Waals surface area contributed by atoms with Crippen molar-refractivity contribution < 1.29 is 0 Å². The molecule has 104 valence electrons. The Bertz CT molecular complexity index is 341. The van der Waals surface area contributed by atoms with Crippen LogP contribution in [0.1, 0.15) is 52.2 Å². The lowest BCUT2D eigenvalue weighted by Crippen LogP contribution is -1.91. The Kier molecular flexibility index (Phi) is 12.9. The van der Waals surface area contributed by atoms with Crippen LogP contribution in [0.25, 0.3) is 5.57 Å². The molecule has 1 aromatic rings. The van der Waals surface area contributed by atoms with E-state index >= 15 is 0 Å². The maximum Gasteiger partial charge on any atom is 0.0322 e. The predicted octanol–water partition coefficient (Wildman–Crippen LogP) is 4.25. The molecule has 0 aliphatic heterocycles. The lowest BCUT2D eigenvalue weighted by atomic mass is 10.0. The van der Waals surface area contributed by atoms with Crippen LogP contribution in [0.3, 0.4) is 0 Å². The molecule has 18 heavy (non-hydrogen) atoms. The summed E-state index contributed by atoms with van der Waals surface area (Å²) in [6, 6.07) is 6.31. The standard InChI is InChI=1S/C13H19N.C2H6.CH5N/c1-4-6-10(3)12-7-11(5-2)8-13(14)9-12;2*1-2/h6-9H,4-5,14H2,1-3H3;1-2H3;2H2,1H3/b10-6+;;. The second-order valence-corrected chi connectivity index (χ2v) is 3.61. The maximum absolute atomic E-state index is 5.84. The summed E-state index contributed by atoms with van der Waals surface area (Å²) in [5, 5.41) is 0. The maximum atomic E-state index is 5.84. The van der Waals surface area contributed by atoms with E-state index in [1.165, 1.54) is 23.7 Å². The minimum Gasteiger partial charge on any atom is -0.399 e. The van der Waals surface area contributed by atoms with Crippen LogP contribution in [-0.4, -0.2) is 7.05 Å². The van der Waals surface area contributed by atoms with Gasteiger partial charge in [0.05, 0.1) is 0 Å². The third-order valence-electron chi connectivity index (χ3n) is 2.39. The molecule has 0 atom stereocenters. The molecule has 0 saturated carbocycles. The number of anilines is 1. The van der Waals surface area contributed by atoms with Gasteiger partial charge >= 0.3 is 0 Å². The number of rotatable bonds is 3. The summed E-state index contributed by atoms with van der Waals surface area (Å²) in [4.78, 5) is 0. The topological polar surface area (TPSA) is 52.0 Å². The lowest BCUT2D eigenvalue weighted by Gasteiger charge is -2.06. The smallest absolute Gasteiger partial charge is 0.0322 e. The summed E-state index contributed by atoms with van der Waals surface area (Å²) < 4.78 is 0. The molecule has 0 amide bonds. The molecule has 0 saturated heterocycles. The second kappa shape index (κ2) is 12.2. The number of allylic oxidation sites excluding steroid dienone is 2. The number of nitrogens with two attached hydrogens (primary N) is 2. The average Bonchev–Trinajstić information content (AvgIpc) is 2.42. The normalized spacial score (nSPS) is 9.83. The Morgan fingerprint density at radius 1 is 1.11 bits per heavy atom. The second-order valence-electron chi connectivity index (χ2n) is 3.61. The predicted molar refractivity (Wildman–Crippen MR) is 85.6 cm³/mol. The summed E-state index contributed by atoms with van der Waals surface area (Å²) in [7, 11) is 1.50. The summed E-state index contributed by atoms with van der Waals surface area (Å²) in [6.45, 7) is 10.4. The van der Waals surface area contributed by atoms with Gasteiger partial charge in [-0.05, 0) is 55.6 Å². The first-order chi connectivity index (χ1) is 8.67. The van der Waals surface area contributed by atoms with E-state index in [4.69, 9.17) is 5.73 Å². The molecular weight excluding hydrogens is 220 g/mol. The fourth-order valence-corrected chi connectivity index (χ4v) is 1.57. The third-order valence-corrected chi connectivity index (χ3v) is 2.39. The molecule has 0 radical (unpaired) electrons. The molecule has 0 unspecified atom stereocenters. The van der Waals surface area contributed by atoms with Gasteiger partial charge in [0.1, 0.15) is 0 Å². The van der Waals surface area contributed by atoms with Crippen molar-refractivity contribution in [3.63, 3.8) is 0 Å². The zero-order valence-electron chi connectivity index (χ0n) is 12.9. The van der Waals surface area contributed by atoms with Gasteiger partial charge in [-0.25, -0.2) is 0 Å². The van der Waals surface area contributed by atoms with E-state index in [2.05, 4.69) is 38.6 Å². The van der Waals surface area contributed by atoms with Crippen molar-refractivity contribution in [1.29, 1.82) is 0 Å². The van der Waals surface area contributed by atoms with Crippen LogP contribution in [0.5, 0.6) is 0 Å². The fourth-order valence-electron chi connectivity index (χ4n) is 1.57. The summed E-state index contributed by atoms with van der Waals surface area (Å²) in [5.74, 6) is 0. The van der Waals surface area contributed by atoms with Crippen LogP contribution < -0.4 is 11.5 Å². The van der Waals surface area contributed by atoms with Crippen LogP contribution in [0.4, 0.5) is 5.69 Å². The zero-order valence-corrected chi connectivity index (χ0v) is 12.9. The van der Waals surface area contributed by atoms with E-state index in [-0.39, 0.29) is 0 Å². The minimum absolute atomic E-state index is 0.864. The highest BCUT2D eigenvalue weighted by Crippen LogP contribution is 2.20. The Morgan fingerprint density at radius 3 is 2.11 bits per heavy atom. The Labute approximate surface area is 113 Å². The molecule has 0 spiro atoms. The van der Waals surface area contributed by atoms with Crippen LogP contribution in [-0.2, 0) is 6.42 Å². The molecule has 4 N–H and O–H groups in total. The van der Waals surface area contributed by atoms with E-state index in [1.807, 2.05) is 26.0 Å². The van der Waals surface area contributed by atoms with E-state index in [0.29, 0.717) is 0 Å². The van der Waals surface area contributed by atoms with Gasteiger partial charge in [0.15, 0.2) is 0 Å². The Balaban J connectivity index is 0. The lowest BCUT2D eigenvalue weighted by molar-refractivity contribution is 1.14. The molecule has 0 aliphatic carbocycles. The van der Waals surface area contributed by atoms with Gasteiger partial charge in [0.25, 0.3) is 0 Å². The molecule has 0 aliphatic rings. The molecule has 0 fully saturated rings. The monoisotopic (exact) mass is 250 g/mol. The Hall–Kier alpha value is -1.28. The van der Waals surface area contributed by atoms with Gasteiger partial charge in [-0.3, -0.25) is 0 Å². The molecule has 0 heterocycles. The van der Waals surface area contributed by atoms with Crippen LogP contribution >= 0.6 is 0 Å². The van der Waals surface area contributed by atoms with Crippen molar-refractivity contribution in [3.8, 4) is 0 Å². The molecule has 1 aromatic carbocycles. The number of benzene rings is 1. The highest BCUT2D eigenvalue weighted by atomic mass is 14.5. The quantitative estimate of drug-likeness (QED) is 0.788. The minimum atomic E-state index is 0.864. The molecule has 0 bridgehead atoms. The van der Waals surface area contributed by atoms with Crippen molar-refractivity contribution in [1.82, 2.24) is 0 Å². The van der Waals surface area contributed by atoms with Crippen molar-refractivity contribution in [2.75, 3.05) is 12.8 Å². The average molecular weight is 250 g/mol. The van der Waals surface area contributed by atoms with Crippen molar-refractivity contribution in [3.05, 3.63) is 35.4 Å². The highest BCUT2D eigenvalue weighted by Gasteiger charge is 1.99. The SMILES string of the molecule is CC.CC/C=C(\C)c1cc(N)cc(CC)c1.CN. The van der Waals surface area contributed by atoms with Gasteiger partial charge in [-0.15, -0.1) is 0 Å². The van der Waals surface area contributed by atoms with Crippen LogP contribution in [0.15, 0.2) is 24.3 Å². The van der Waals surface area contributed by atoms with Crippen molar-refractivity contribution >= 4 is 11.3 Å². The number of nitrogen functional groups attached to an aromatic ring is 1. The molecule has 2 heteroatoms. The van der Waals surface area contributed by atoms with Gasteiger partial charge < -0.3 is 11.5 Å². The first kappa shape index (κ1) is 19.1. The largest absolute Gasteiger partial charge is 0.399 e. The van der Waals surface area contributed by atoms with E-state index in [0.717, 1.165) is 18.5 Å². The number of aryl methyl sites for hydroxylation is 1. The van der Waals surface area contributed by atoms with E-state index in [9.17, 15) is 0 Å². The summed E-state index contributed by atoms with van der Waals surface area (Å²) >= 11 is 0. The zero-order chi connectivity index (χ0) is 14.6. The Morgan fingerprint density at radius 2 is 1.67 bits per heavy atom.